The summed E-state index contributed by atoms with van der Waals surface area (Å²) in [4.78, 5) is 12.9. The SMILES string of the molecule is CCCCCCCCCCCCCCCCOC(=O)C1=C(C)NC(=S)NC1c1cccc(O)c1. The maximum absolute atomic E-state index is 12.9. The Bertz CT molecular complexity index is 794. The molecule has 0 spiro atoms. The first-order valence-corrected chi connectivity index (χ1v) is 13.7. The number of unbranched alkanes of at least 4 members (excludes halogenated alkanes) is 13. The second-order valence-corrected chi connectivity index (χ2v) is 9.81. The van der Waals surface area contributed by atoms with Gasteiger partial charge in [0, 0.05) is 5.70 Å². The van der Waals surface area contributed by atoms with Crippen molar-refractivity contribution < 1.29 is 14.6 Å². The third-order valence-corrected chi connectivity index (χ3v) is 6.64. The summed E-state index contributed by atoms with van der Waals surface area (Å²) in [6, 6.07) is 6.42. The van der Waals surface area contributed by atoms with Crippen molar-refractivity contribution in [2.24, 2.45) is 0 Å². The number of aromatic hydroxyl groups is 1. The second kappa shape index (κ2) is 16.5. The zero-order valence-corrected chi connectivity index (χ0v) is 22.0. The monoisotopic (exact) mass is 488 g/mol. The van der Waals surface area contributed by atoms with Crippen molar-refractivity contribution in [2.75, 3.05) is 6.61 Å². The lowest BCUT2D eigenvalue weighted by Crippen LogP contribution is -2.45. The number of hydrogen-bond acceptors (Lipinski definition) is 4. The van der Waals surface area contributed by atoms with Crippen LogP contribution in [0.3, 0.4) is 0 Å². The molecule has 1 aromatic carbocycles. The van der Waals surface area contributed by atoms with Gasteiger partial charge in [0.1, 0.15) is 5.75 Å². The molecule has 2 rings (SSSR count). The quantitative estimate of drug-likeness (QED) is 0.122. The van der Waals surface area contributed by atoms with E-state index in [-0.39, 0.29) is 11.7 Å². The molecule has 0 aromatic heterocycles. The van der Waals surface area contributed by atoms with E-state index in [1.54, 1.807) is 18.2 Å². The molecular formula is C28H44N2O3S. The van der Waals surface area contributed by atoms with Crippen molar-refractivity contribution in [1.82, 2.24) is 10.6 Å². The third kappa shape index (κ3) is 10.5. The van der Waals surface area contributed by atoms with Crippen LogP contribution < -0.4 is 10.6 Å². The van der Waals surface area contributed by atoms with Crippen molar-refractivity contribution in [1.29, 1.82) is 0 Å². The first kappa shape index (κ1) is 28.2. The van der Waals surface area contributed by atoms with E-state index in [2.05, 4.69) is 17.6 Å². The number of carbonyl (C=O) groups excluding carboxylic acids is 1. The standard InChI is InChI=1S/C28H44N2O3S/c1-3-4-5-6-7-8-9-10-11-12-13-14-15-16-20-33-27(32)25-22(2)29-28(34)30-26(25)23-18-17-19-24(31)21-23/h17-19,21,26,31H,3-16,20H2,1-2H3,(H2,29,30,34). The van der Waals surface area contributed by atoms with Crippen LogP contribution in [0.15, 0.2) is 35.5 Å². The Balaban J connectivity index is 1.59. The van der Waals surface area contributed by atoms with Gasteiger partial charge in [-0.3, -0.25) is 0 Å². The summed E-state index contributed by atoms with van der Waals surface area (Å²) in [7, 11) is 0. The molecule has 0 aliphatic carbocycles. The Hall–Kier alpha value is -2.08. The number of carbonyl (C=O) groups is 1. The van der Waals surface area contributed by atoms with Crippen LogP contribution in [0.1, 0.15) is 115 Å². The zero-order valence-electron chi connectivity index (χ0n) is 21.2. The first-order chi connectivity index (χ1) is 16.5. The Morgan fingerprint density at radius 3 is 2.06 bits per heavy atom. The van der Waals surface area contributed by atoms with Gasteiger partial charge in [0.25, 0.3) is 0 Å². The molecule has 5 nitrogen and oxygen atoms in total. The van der Waals surface area contributed by atoms with Crippen molar-refractivity contribution in [3.8, 4) is 5.75 Å². The molecule has 1 heterocycles. The van der Waals surface area contributed by atoms with Gasteiger partial charge in [0.05, 0.1) is 18.2 Å². The van der Waals surface area contributed by atoms with E-state index in [4.69, 9.17) is 17.0 Å². The molecule has 0 amide bonds. The lowest BCUT2D eigenvalue weighted by atomic mass is 9.95. The summed E-state index contributed by atoms with van der Waals surface area (Å²) < 4.78 is 5.59. The van der Waals surface area contributed by atoms with Crippen LogP contribution in [0.4, 0.5) is 0 Å². The van der Waals surface area contributed by atoms with Crippen LogP contribution in [0, 0.1) is 0 Å². The van der Waals surface area contributed by atoms with Gasteiger partial charge >= 0.3 is 5.97 Å². The Kier molecular flexibility index (Phi) is 13.7. The van der Waals surface area contributed by atoms with Gasteiger partial charge < -0.3 is 20.5 Å². The Morgan fingerprint density at radius 2 is 1.50 bits per heavy atom. The first-order valence-electron chi connectivity index (χ1n) is 13.3. The minimum Gasteiger partial charge on any atom is -0.508 e. The molecule has 190 valence electrons. The summed E-state index contributed by atoms with van der Waals surface area (Å²) in [5.74, 6) is -0.195. The topological polar surface area (TPSA) is 70.6 Å². The van der Waals surface area contributed by atoms with E-state index in [9.17, 15) is 9.90 Å². The smallest absolute Gasteiger partial charge is 0.338 e. The molecule has 34 heavy (non-hydrogen) atoms. The summed E-state index contributed by atoms with van der Waals surface area (Å²) in [5, 5.41) is 16.4. The molecule has 1 aromatic rings. The van der Waals surface area contributed by atoms with Gasteiger partial charge in [-0.2, -0.15) is 0 Å². The Labute approximate surface area is 211 Å². The number of phenolic OH excluding ortho intramolecular Hbond substituents is 1. The maximum atomic E-state index is 12.9. The summed E-state index contributed by atoms with van der Waals surface area (Å²) in [6.07, 6.45) is 18.2. The molecule has 3 N–H and O–H groups in total. The molecule has 0 saturated heterocycles. The summed E-state index contributed by atoms with van der Waals surface area (Å²) >= 11 is 5.27. The van der Waals surface area contributed by atoms with Crippen LogP contribution >= 0.6 is 12.2 Å². The normalized spacial score (nSPS) is 15.7. The molecule has 1 aliphatic rings. The fourth-order valence-corrected chi connectivity index (χ4v) is 4.73. The highest BCUT2D eigenvalue weighted by Gasteiger charge is 2.31. The fourth-order valence-electron chi connectivity index (χ4n) is 4.46. The molecule has 1 aliphatic heterocycles. The van der Waals surface area contributed by atoms with Crippen LogP contribution in [0.2, 0.25) is 0 Å². The largest absolute Gasteiger partial charge is 0.508 e. The predicted molar refractivity (Wildman–Crippen MR) is 144 cm³/mol. The van der Waals surface area contributed by atoms with Crippen molar-refractivity contribution in [3.63, 3.8) is 0 Å². The molecule has 1 atom stereocenters. The highest BCUT2D eigenvalue weighted by molar-refractivity contribution is 7.80. The average Bonchev–Trinajstić information content (AvgIpc) is 2.81. The van der Waals surface area contributed by atoms with Crippen LogP contribution in [0.5, 0.6) is 5.75 Å². The van der Waals surface area contributed by atoms with E-state index < -0.39 is 6.04 Å². The highest BCUT2D eigenvalue weighted by atomic mass is 32.1. The van der Waals surface area contributed by atoms with E-state index in [1.165, 1.54) is 77.0 Å². The van der Waals surface area contributed by atoms with Gasteiger partial charge in [-0.25, -0.2) is 4.79 Å². The third-order valence-electron chi connectivity index (χ3n) is 6.42. The lowest BCUT2D eigenvalue weighted by Gasteiger charge is -2.30. The number of esters is 1. The molecule has 0 radical (unpaired) electrons. The number of benzene rings is 1. The number of nitrogens with one attached hydrogen (secondary N) is 2. The number of rotatable bonds is 17. The number of allylic oxidation sites excluding steroid dienone is 1. The highest BCUT2D eigenvalue weighted by Crippen LogP contribution is 2.29. The molecular weight excluding hydrogens is 444 g/mol. The van der Waals surface area contributed by atoms with Crippen LogP contribution in [0.25, 0.3) is 0 Å². The number of thiocarbonyl (C=S) groups is 1. The van der Waals surface area contributed by atoms with Gasteiger partial charge in [0.2, 0.25) is 0 Å². The molecule has 1 unspecified atom stereocenters. The van der Waals surface area contributed by atoms with Crippen molar-refractivity contribution in [2.45, 2.75) is 110 Å². The Morgan fingerprint density at radius 1 is 0.941 bits per heavy atom. The molecule has 0 fully saturated rings. The van der Waals surface area contributed by atoms with Crippen LogP contribution in [-0.4, -0.2) is 22.8 Å². The van der Waals surface area contributed by atoms with Crippen LogP contribution in [-0.2, 0) is 9.53 Å². The predicted octanol–water partition coefficient (Wildman–Crippen LogP) is 7.21. The minimum absolute atomic E-state index is 0.150. The van der Waals surface area contributed by atoms with Crippen molar-refractivity contribution >= 4 is 23.3 Å². The lowest BCUT2D eigenvalue weighted by molar-refractivity contribution is -0.139. The molecule has 0 saturated carbocycles. The van der Waals surface area contributed by atoms with Gasteiger partial charge in [-0.05, 0) is 43.3 Å². The van der Waals surface area contributed by atoms with Gasteiger partial charge in [0.15, 0.2) is 5.11 Å². The maximum Gasteiger partial charge on any atom is 0.338 e. The van der Waals surface area contributed by atoms with E-state index in [0.29, 0.717) is 23.0 Å². The van der Waals surface area contributed by atoms with Crippen molar-refractivity contribution in [3.05, 3.63) is 41.1 Å². The fraction of sp³-hybridized carbons (Fsp3) is 0.643. The van der Waals surface area contributed by atoms with E-state index in [0.717, 1.165) is 18.4 Å². The number of phenols is 1. The number of ether oxygens (including phenoxy) is 1. The summed E-state index contributed by atoms with van der Waals surface area (Å²) in [6.45, 7) is 4.51. The second-order valence-electron chi connectivity index (χ2n) is 9.40. The van der Waals surface area contributed by atoms with Gasteiger partial charge in [-0.1, -0.05) is 103 Å². The zero-order chi connectivity index (χ0) is 24.6. The van der Waals surface area contributed by atoms with E-state index >= 15 is 0 Å². The molecule has 0 bridgehead atoms. The van der Waals surface area contributed by atoms with E-state index in [1.807, 2.05) is 13.0 Å². The van der Waals surface area contributed by atoms with Gasteiger partial charge in [-0.15, -0.1) is 0 Å². The summed E-state index contributed by atoms with van der Waals surface area (Å²) in [5.41, 5.74) is 1.96. The minimum atomic E-state index is -0.440. The average molecular weight is 489 g/mol. The molecule has 6 heteroatoms. The number of hydrogen-bond donors (Lipinski definition) is 3.